The van der Waals surface area contributed by atoms with E-state index in [-0.39, 0.29) is 24.6 Å². The summed E-state index contributed by atoms with van der Waals surface area (Å²) in [6, 6.07) is 2.11. The van der Waals surface area contributed by atoms with Crippen LogP contribution in [0.2, 0.25) is 0 Å². The smallest absolute Gasteiger partial charge is 0.227 e. The summed E-state index contributed by atoms with van der Waals surface area (Å²) in [7, 11) is 0. The van der Waals surface area contributed by atoms with Gasteiger partial charge in [0.1, 0.15) is 0 Å². The molecule has 4 N–H and O–H groups in total. The number of rotatable bonds is 8. The van der Waals surface area contributed by atoms with Crippen LogP contribution in [0.5, 0.6) is 0 Å². The number of aromatic amines is 1. The third-order valence-corrected chi connectivity index (χ3v) is 5.16. The summed E-state index contributed by atoms with van der Waals surface area (Å²) in [5, 5.41) is 23.7. The van der Waals surface area contributed by atoms with E-state index in [9.17, 15) is 5.11 Å². The highest BCUT2D eigenvalue weighted by molar-refractivity contribution is 5.86. The van der Waals surface area contributed by atoms with Crippen LogP contribution in [0.15, 0.2) is 12.4 Å². The van der Waals surface area contributed by atoms with E-state index in [0.717, 1.165) is 17.2 Å². The average molecular weight is 384 g/mol. The average Bonchev–Trinajstić information content (AvgIpc) is 3.24. The Hall–Kier alpha value is -2.68. The fourth-order valence-corrected chi connectivity index (χ4v) is 3.16. The van der Waals surface area contributed by atoms with E-state index >= 15 is 0 Å². The largest absolute Gasteiger partial charge is 0.394 e. The van der Waals surface area contributed by atoms with Crippen LogP contribution < -0.4 is 10.6 Å². The van der Waals surface area contributed by atoms with Gasteiger partial charge < -0.3 is 20.3 Å². The molecular weight excluding hydrogens is 356 g/mol. The van der Waals surface area contributed by atoms with Crippen LogP contribution in [0.1, 0.15) is 58.2 Å². The van der Waals surface area contributed by atoms with Gasteiger partial charge in [0.15, 0.2) is 22.8 Å². The van der Waals surface area contributed by atoms with Gasteiger partial charge in [-0.25, -0.2) is 4.98 Å². The van der Waals surface area contributed by atoms with Crippen molar-refractivity contribution in [1.29, 1.82) is 0 Å². The number of H-pyrrole nitrogens is 1. The van der Waals surface area contributed by atoms with Gasteiger partial charge in [0, 0.05) is 23.7 Å². The number of fused-ring (bicyclic) bond motifs is 1. The van der Waals surface area contributed by atoms with Gasteiger partial charge in [-0.2, -0.15) is 15.1 Å². The van der Waals surface area contributed by atoms with E-state index in [2.05, 4.69) is 49.6 Å². The van der Waals surface area contributed by atoms with Crippen molar-refractivity contribution in [3.8, 4) is 0 Å². The van der Waals surface area contributed by atoms with Crippen LogP contribution >= 0.6 is 0 Å². The number of imidazole rings is 1. The molecule has 0 aromatic carbocycles. The molecule has 0 saturated heterocycles. The minimum absolute atomic E-state index is 0.00931. The van der Waals surface area contributed by atoms with Crippen LogP contribution in [-0.4, -0.2) is 47.5 Å². The highest BCUT2D eigenvalue weighted by Crippen LogP contribution is 2.39. The first-order valence-corrected chi connectivity index (χ1v) is 9.90. The number of nitrogens with one attached hydrogen (secondary N) is 3. The normalized spacial score (nSPS) is 15.5. The Morgan fingerprint density at radius 1 is 1.25 bits per heavy atom. The van der Waals surface area contributed by atoms with E-state index in [1.807, 2.05) is 24.5 Å². The molecule has 0 bridgehead atoms. The van der Waals surface area contributed by atoms with Crippen LogP contribution in [0, 0.1) is 5.92 Å². The lowest BCUT2D eigenvalue weighted by molar-refractivity contribution is 0.248. The zero-order valence-corrected chi connectivity index (χ0v) is 16.8. The van der Waals surface area contributed by atoms with Crippen molar-refractivity contribution < 1.29 is 5.11 Å². The highest BCUT2D eigenvalue weighted by atomic mass is 16.3. The van der Waals surface area contributed by atoms with E-state index in [4.69, 9.17) is 0 Å². The second kappa shape index (κ2) is 7.38. The summed E-state index contributed by atoms with van der Waals surface area (Å²) in [6.45, 7) is 8.28. The molecule has 150 valence electrons. The molecule has 1 aliphatic rings. The molecule has 1 saturated carbocycles. The van der Waals surface area contributed by atoms with Gasteiger partial charge in [0.2, 0.25) is 5.95 Å². The monoisotopic (exact) mass is 384 g/mol. The second-order valence-electron chi connectivity index (χ2n) is 8.10. The number of hydrogen-bond donors (Lipinski definition) is 4. The molecule has 0 radical (unpaired) electrons. The number of anilines is 3. The molecule has 28 heavy (non-hydrogen) atoms. The van der Waals surface area contributed by atoms with Gasteiger partial charge >= 0.3 is 0 Å². The maximum absolute atomic E-state index is 9.67. The van der Waals surface area contributed by atoms with Crippen molar-refractivity contribution in [3.05, 3.63) is 18.1 Å². The van der Waals surface area contributed by atoms with Crippen molar-refractivity contribution in [2.45, 2.75) is 58.5 Å². The topological polar surface area (TPSA) is 117 Å². The van der Waals surface area contributed by atoms with E-state index in [1.54, 1.807) is 6.33 Å². The summed E-state index contributed by atoms with van der Waals surface area (Å²) in [5.74, 6) is 2.61. The number of hydrogen-bond acceptors (Lipinski definition) is 7. The van der Waals surface area contributed by atoms with Crippen LogP contribution in [0.3, 0.4) is 0 Å². The van der Waals surface area contributed by atoms with E-state index < -0.39 is 0 Å². The van der Waals surface area contributed by atoms with Crippen molar-refractivity contribution in [2.24, 2.45) is 5.92 Å². The molecule has 0 amide bonds. The zero-order valence-electron chi connectivity index (χ0n) is 16.8. The fraction of sp³-hybridized carbons (Fsp3) is 0.579. The van der Waals surface area contributed by atoms with Gasteiger partial charge in [0.25, 0.3) is 0 Å². The van der Waals surface area contributed by atoms with Crippen molar-refractivity contribution in [2.75, 3.05) is 17.2 Å². The Balaban J connectivity index is 1.71. The zero-order chi connectivity index (χ0) is 19.8. The third kappa shape index (κ3) is 3.66. The lowest BCUT2D eigenvalue weighted by Gasteiger charge is -2.20. The van der Waals surface area contributed by atoms with Crippen LogP contribution in [-0.2, 0) is 0 Å². The first kappa shape index (κ1) is 18.7. The molecule has 3 aromatic rings. The molecule has 9 heteroatoms. The molecule has 3 aromatic heterocycles. The van der Waals surface area contributed by atoms with Crippen LogP contribution in [0.4, 0.5) is 17.6 Å². The van der Waals surface area contributed by atoms with E-state index in [1.165, 1.54) is 12.8 Å². The van der Waals surface area contributed by atoms with Crippen molar-refractivity contribution in [1.82, 2.24) is 29.7 Å². The predicted octanol–water partition coefficient (Wildman–Crippen LogP) is 3.18. The molecule has 3 heterocycles. The molecular formula is C19H28N8O. The Labute approximate surface area is 164 Å². The lowest BCUT2D eigenvalue weighted by Crippen LogP contribution is -2.30. The molecule has 1 aliphatic carbocycles. The minimum atomic E-state index is -0.132. The Kier molecular flexibility index (Phi) is 4.92. The SMILES string of the molecule is CC(C)[C@H](CO)Nc1nc(Nc2cc(C3CC3)[nH]n2)c2ncn(C(C)C)c2n1. The van der Waals surface area contributed by atoms with Crippen molar-refractivity contribution >= 4 is 28.7 Å². The molecule has 9 nitrogen and oxygen atoms in total. The maximum atomic E-state index is 9.67. The number of nitrogens with zero attached hydrogens (tertiary/aromatic N) is 5. The summed E-state index contributed by atoms with van der Waals surface area (Å²) >= 11 is 0. The first-order valence-electron chi connectivity index (χ1n) is 9.90. The first-order chi connectivity index (χ1) is 13.5. The van der Waals surface area contributed by atoms with Gasteiger partial charge in [-0.15, -0.1) is 0 Å². The van der Waals surface area contributed by atoms with Crippen LogP contribution in [0.25, 0.3) is 11.2 Å². The standard InChI is InChI=1S/C19H28N8O/c1-10(2)14(8-28)21-19-23-17(16-18(24-19)27(9-20-16)11(3)4)22-15-7-13(25-26-15)12-5-6-12/h7,9-12,14,28H,5-6,8H2,1-4H3,(H3,21,22,23,24,25,26)/t14-/m0/s1. The van der Waals surface area contributed by atoms with Gasteiger partial charge in [-0.1, -0.05) is 13.8 Å². The van der Waals surface area contributed by atoms with Gasteiger partial charge in [-0.05, 0) is 32.6 Å². The predicted molar refractivity (Wildman–Crippen MR) is 109 cm³/mol. The fourth-order valence-electron chi connectivity index (χ4n) is 3.16. The molecule has 4 rings (SSSR count). The summed E-state index contributed by atoms with van der Waals surface area (Å²) in [6.07, 6.45) is 4.21. The Morgan fingerprint density at radius 3 is 2.68 bits per heavy atom. The second-order valence-corrected chi connectivity index (χ2v) is 8.10. The quantitative estimate of drug-likeness (QED) is 0.471. The maximum Gasteiger partial charge on any atom is 0.227 e. The summed E-state index contributed by atoms with van der Waals surface area (Å²) < 4.78 is 2.01. The van der Waals surface area contributed by atoms with Gasteiger partial charge in [0.05, 0.1) is 19.0 Å². The third-order valence-electron chi connectivity index (χ3n) is 5.16. The Bertz CT molecular complexity index is 956. The minimum Gasteiger partial charge on any atom is -0.394 e. The van der Waals surface area contributed by atoms with E-state index in [0.29, 0.717) is 23.2 Å². The molecule has 1 fully saturated rings. The molecule has 1 atom stereocenters. The molecule has 0 aliphatic heterocycles. The summed E-state index contributed by atoms with van der Waals surface area (Å²) in [4.78, 5) is 13.8. The Morgan fingerprint density at radius 2 is 2.04 bits per heavy atom. The lowest BCUT2D eigenvalue weighted by atomic mass is 10.1. The van der Waals surface area contributed by atoms with Crippen molar-refractivity contribution in [3.63, 3.8) is 0 Å². The molecule has 0 spiro atoms. The molecule has 0 unspecified atom stereocenters. The number of aromatic nitrogens is 6. The number of aliphatic hydroxyl groups is 1. The van der Waals surface area contributed by atoms with Gasteiger partial charge in [-0.3, -0.25) is 5.10 Å². The highest BCUT2D eigenvalue weighted by Gasteiger charge is 2.26. The summed E-state index contributed by atoms with van der Waals surface area (Å²) in [5.41, 5.74) is 2.59. The number of aliphatic hydroxyl groups excluding tert-OH is 1.